The molecular formula is C14H11ClN2O2S2. The number of thioether (sulfide) groups is 1. The Morgan fingerprint density at radius 1 is 1.24 bits per heavy atom. The molecule has 0 unspecified atom stereocenters. The summed E-state index contributed by atoms with van der Waals surface area (Å²) in [5.41, 5.74) is 0.434. The van der Waals surface area contributed by atoms with Crippen molar-refractivity contribution >= 4 is 33.2 Å². The second kappa shape index (κ2) is 6.94. The van der Waals surface area contributed by atoms with E-state index < -0.39 is 9.84 Å². The predicted octanol–water partition coefficient (Wildman–Crippen LogP) is 3.17. The standard InChI is InChI=1S/C14H11ClN2O2S2/c15-13-2-1-7-17-14(13)20-8-9-21(18,19)12-5-3-11(10-16)4-6-12/h1-7H,8-9H2. The van der Waals surface area contributed by atoms with E-state index >= 15 is 0 Å². The quantitative estimate of drug-likeness (QED) is 0.783. The number of hydrogen-bond donors (Lipinski definition) is 0. The minimum absolute atomic E-state index is 0.0174. The van der Waals surface area contributed by atoms with Gasteiger partial charge in [-0.1, -0.05) is 11.6 Å². The van der Waals surface area contributed by atoms with Crippen molar-refractivity contribution in [1.82, 2.24) is 4.98 Å². The highest BCUT2D eigenvalue weighted by Crippen LogP contribution is 2.24. The lowest BCUT2D eigenvalue weighted by molar-refractivity contribution is 0.597. The van der Waals surface area contributed by atoms with Crippen molar-refractivity contribution in [2.45, 2.75) is 9.92 Å². The van der Waals surface area contributed by atoms with Gasteiger partial charge in [-0.3, -0.25) is 0 Å². The van der Waals surface area contributed by atoms with Gasteiger partial charge >= 0.3 is 0 Å². The van der Waals surface area contributed by atoms with Gasteiger partial charge in [0, 0.05) is 11.9 Å². The Morgan fingerprint density at radius 2 is 1.95 bits per heavy atom. The van der Waals surface area contributed by atoms with Crippen LogP contribution in [0, 0.1) is 11.3 Å². The highest BCUT2D eigenvalue weighted by molar-refractivity contribution is 8.00. The number of aromatic nitrogens is 1. The second-order valence-corrected chi connectivity index (χ2v) is 7.69. The molecule has 1 heterocycles. The molecule has 2 aromatic rings. The van der Waals surface area contributed by atoms with Crippen molar-refractivity contribution in [2.75, 3.05) is 11.5 Å². The van der Waals surface area contributed by atoms with Crippen molar-refractivity contribution in [3.63, 3.8) is 0 Å². The Kier molecular flexibility index (Phi) is 5.23. The van der Waals surface area contributed by atoms with E-state index in [1.54, 1.807) is 18.3 Å². The molecule has 0 bridgehead atoms. The lowest BCUT2D eigenvalue weighted by Crippen LogP contribution is -2.09. The van der Waals surface area contributed by atoms with Gasteiger partial charge in [-0.25, -0.2) is 13.4 Å². The molecule has 0 spiro atoms. The minimum atomic E-state index is -3.37. The zero-order chi connectivity index (χ0) is 15.3. The summed E-state index contributed by atoms with van der Waals surface area (Å²) < 4.78 is 24.3. The summed E-state index contributed by atoms with van der Waals surface area (Å²) in [6.45, 7) is 0. The summed E-state index contributed by atoms with van der Waals surface area (Å²) in [5, 5.41) is 9.83. The van der Waals surface area contributed by atoms with Gasteiger partial charge in [-0.15, -0.1) is 11.8 Å². The molecular weight excluding hydrogens is 328 g/mol. The maximum atomic E-state index is 12.2. The number of rotatable bonds is 5. The SMILES string of the molecule is N#Cc1ccc(S(=O)(=O)CCSc2ncccc2Cl)cc1. The van der Waals surface area contributed by atoms with Crippen molar-refractivity contribution in [3.05, 3.63) is 53.2 Å². The van der Waals surface area contributed by atoms with E-state index in [0.717, 1.165) is 0 Å². The van der Waals surface area contributed by atoms with Crippen molar-refractivity contribution in [3.8, 4) is 6.07 Å². The molecule has 0 N–H and O–H groups in total. The summed E-state index contributed by atoms with van der Waals surface area (Å²) >= 11 is 7.26. The number of benzene rings is 1. The molecule has 0 fully saturated rings. The molecule has 0 aliphatic rings. The first-order chi connectivity index (χ1) is 10.0. The van der Waals surface area contributed by atoms with Crippen LogP contribution in [0.25, 0.3) is 0 Å². The van der Waals surface area contributed by atoms with E-state index in [4.69, 9.17) is 16.9 Å². The molecule has 0 atom stereocenters. The van der Waals surface area contributed by atoms with Gasteiger partial charge in [0.2, 0.25) is 0 Å². The number of halogens is 1. The molecule has 0 amide bonds. The lowest BCUT2D eigenvalue weighted by Gasteiger charge is -2.05. The van der Waals surface area contributed by atoms with E-state index in [-0.39, 0.29) is 10.6 Å². The monoisotopic (exact) mass is 338 g/mol. The highest BCUT2D eigenvalue weighted by Gasteiger charge is 2.14. The van der Waals surface area contributed by atoms with Crippen LogP contribution in [0.15, 0.2) is 52.5 Å². The first-order valence-corrected chi connectivity index (χ1v) is 9.01. The van der Waals surface area contributed by atoms with Gasteiger partial charge in [-0.2, -0.15) is 5.26 Å². The molecule has 0 radical (unpaired) electrons. The number of sulfone groups is 1. The summed E-state index contributed by atoms with van der Waals surface area (Å²) in [5.74, 6) is 0.343. The average molecular weight is 339 g/mol. The summed E-state index contributed by atoms with van der Waals surface area (Å²) in [6.07, 6.45) is 1.61. The third kappa shape index (κ3) is 4.21. The number of pyridine rings is 1. The molecule has 108 valence electrons. The van der Waals surface area contributed by atoms with Gasteiger partial charge in [0.1, 0.15) is 5.03 Å². The Bertz CT molecular complexity index is 768. The van der Waals surface area contributed by atoms with E-state index in [1.165, 1.54) is 36.0 Å². The van der Waals surface area contributed by atoms with Crippen LogP contribution >= 0.6 is 23.4 Å². The van der Waals surface area contributed by atoms with Crippen LogP contribution in [0.5, 0.6) is 0 Å². The average Bonchev–Trinajstić information content (AvgIpc) is 2.49. The van der Waals surface area contributed by atoms with Gasteiger partial charge in [0.15, 0.2) is 9.84 Å². The molecule has 21 heavy (non-hydrogen) atoms. The molecule has 0 aliphatic heterocycles. The van der Waals surface area contributed by atoms with Crippen LogP contribution in [0.1, 0.15) is 5.56 Å². The van der Waals surface area contributed by atoms with Crippen molar-refractivity contribution in [2.24, 2.45) is 0 Å². The van der Waals surface area contributed by atoms with Crippen LogP contribution in [-0.2, 0) is 9.84 Å². The smallest absolute Gasteiger partial charge is 0.179 e. The molecule has 0 saturated carbocycles. The van der Waals surface area contributed by atoms with Gasteiger partial charge in [0.05, 0.1) is 27.3 Å². The van der Waals surface area contributed by atoms with E-state index in [0.29, 0.717) is 21.4 Å². The van der Waals surface area contributed by atoms with Crippen molar-refractivity contribution < 1.29 is 8.42 Å². The van der Waals surface area contributed by atoms with Crippen LogP contribution in [0.2, 0.25) is 5.02 Å². The molecule has 0 aliphatic carbocycles. The summed E-state index contributed by atoms with van der Waals surface area (Å²) in [7, 11) is -3.37. The third-order valence-electron chi connectivity index (χ3n) is 2.66. The summed E-state index contributed by atoms with van der Waals surface area (Å²) in [4.78, 5) is 4.31. The van der Waals surface area contributed by atoms with Gasteiger partial charge in [0.25, 0.3) is 0 Å². The molecule has 0 saturated heterocycles. The fourth-order valence-corrected chi connectivity index (χ4v) is 4.40. The molecule has 2 rings (SSSR count). The van der Waals surface area contributed by atoms with Crippen molar-refractivity contribution in [1.29, 1.82) is 5.26 Å². The van der Waals surface area contributed by atoms with Gasteiger partial charge in [-0.05, 0) is 36.4 Å². The number of hydrogen-bond acceptors (Lipinski definition) is 5. The number of nitriles is 1. The van der Waals surface area contributed by atoms with E-state index in [1.807, 2.05) is 6.07 Å². The predicted molar refractivity (Wildman–Crippen MR) is 83.2 cm³/mol. The van der Waals surface area contributed by atoms with E-state index in [9.17, 15) is 8.42 Å². The Balaban J connectivity index is 2.01. The van der Waals surface area contributed by atoms with Crippen LogP contribution in [0.4, 0.5) is 0 Å². The van der Waals surface area contributed by atoms with Gasteiger partial charge < -0.3 is 0 Å². The lowest BCUT2D eigenvalue weighted by atomic mass is 10.2. The first kappa shape index (κ1) is 15.8. The topological polar surface area (TPSA) is 70.8 Å². The minimum Gasteiger partial charge on any atom is -0.248 e. The maximum absolute atomic E-state index is 12.2. The first-order valence-electron chi connectivity index (χ1n) is 5.99. The zero-order valence-corrected chi connectivity index (χ0v) is 13.2. The van der Waals surface area contributed by atoms with E-state index in [2.05, 4.69) is 4.98 Å². The molecule has 1 aromatic carbocycles. The third-order valence-corrected chi connectivity index (χ3v) is 6.07. The Hall–Kier alpha value is -1.55. The van der Waals surface area contributed by atoms with Crippen LogP contribution in [0.3, 0.4) is 0 Å². The fourth-order valence-electron chi connectivity index (χ4n) is 1.58. The normalized spacial score (nSPS) is 11.0. The zero-order valence-electron chi connectivity index (χ0n) is 10.9. The molecule has 7 heteroatoms. The molecule has 4 nitrogen and oxygen atoms in total. The fraction of sp³-hybridized carbons (Fsp3) is 0.143. The maximum Gasteiger partial charge on any atom is 0.179 e. The number of nitrogens with zero attached hydrogens (tertiary/aromatic N) is 2. The molecule has 1 aromatic heterocycles. The Labute approximate surface area is 132 Å². The summed E-state index contributed by atoms with van der Waals surface area (Å²) in [6, 6.07) is 11.3. The largest absolute Gasteiger partial charge is 0.248 e. The van der Waals surface area contributed by atoms with Crippen LogP contribution in [-0.4, -0.2) is 24.9 Å². The second-order valence-electron chi connectivity index (χ2n) is 4.09. The highest BCUT2D eigenvalue weighted by atomic mass is 35.5. The Morgan fingerprint density at radius 3 is 2.57 bits per heavy atom. The van der Waals surface area contributed by atoms with Crippen LogP contribution < -0.4 is 0 Å².